The van der Waals surface area contributed by atoms with Crippen LogP contribution in [0.5, 0.6) is 0 Å². The molecule has 1 rings (SSSR count). The van der Waals surface area contributed by atoms with E-state index in [1.165, 1.54) is 0 Å². The average molecular weight is 153 g/mol. The summed E-state index contributed by atoms with van der Waals surface area (Å²) in [5.74, 6) is 1.17. The third-order valence-electron chi connectivity index (χ3n) is 1.44. The average Bonchev–Trinajstić information content (AvgIpc) is 2.37. The zero-order chi connectivity index (χ0) is 8.27. The molecule has 0 amide bonds. The summed E-state index contributed by atoms with van der Waals surface area (Å²) in [5, 5.41) is 3.72. The lowest BCUT2D eigenvalue weighted by Crippen LogP contribution is -1.84. The summed E-state index contributed by atoms with van der Waals surface area (Å²) < 4.78 is 4.97. The SMILES string of the molecule is CC(C)c1cc(CC=O)no1. The van der Waals surface area contributed by atoms with Gasteiger partial charge in [-0.15, -0.1) is 0 Å². The van der Waals surface area contributed by atoms with Crippen LogP contribution in [0.15, 0.2) is 10.6 Å². The molecule has 0 aliphatic rings. The zero-order valence-electron chi connectivity index (χ0n) is 6.70. The maximum atomic E-state index is 10.1. The molecule has 0 fully saturated rings. The topological polar surface area (TPSA) is 43.1 Å². The summed E-state index contributed by atoms with van der Waals surface area (Å²) in [6.45, 7) is 4.04. The Morgan fingerprint density at radius 3 is 2.91 bits per heavy atom. The number of aldehydes is 1. The van der Waals surface area contributed by atoms with Gasteiger partial charge in [-0.3, -0.25) is 0 Å². The van der Waals surface area contributed by atoms with Crippen molar-refractivity contribution in [3.05, 3.63) is 17.5 Å². The second kappa shape index (κ2) is 3.32. The lowest BCUT2D eigenvalue weighted by molar-refractivity contribution is -0.107. The molecule has 0 unspecified atom stereocenters. The number of carbonyl (C=O) groups is 1. The highest BCUT2D eigenvalue weighted by Crippen LogP contribution is 2.14. The first kappa shape index (κ1) is 7.98. The minimum absolute atomic E-state index is 0.336. The zero-order valence-corrected chi connectivity index (χ0v) is 6.70. The second-order valence-corrected chi connectivity index (χ2v) is 2.75. The molecule has 0 atom stereocenters. The lowest BCUT2D eigenvalue weighted by Gasteiger charge is -1.93. The van der Waals surface area contributed by atoms with Gasteiger partial charge in [0.05, 0.1) is 5.69 Å². The van der Waals surface area contributed by atoms with Crippen molar-refractivity contribution in [2.45, 2.75) is 26.2 Å². The van der Waals surface area contributed by atoms with E-state index in [-0.39, 0.29) is 0 Å². The van der Waals surface area contributed by atoms with Crippen LogP contribution < -0.4 is 0 Å². The van der Waals surface area contributed by atoms with Crippen molar-refractivity contribution in [3.8, 4) is 0 Å². The van der Waals surface area contributed by atoms with Gasteiger partial charge in [0.2, 0.25) is 0 Å². The molecule has 3 heteroatoms. The van der Waals surface area contributed by atoms with Crippen molar-refractivity contribution < 1.29 is 9.32 Å². The first-order valence-corrected chi connectivity index (χ1v) is 3.63. The van der Waals surface area contributed by atoms with Gasteiger partial charge in [0.1, 0.15) is 12.0 Å². The van der Waals surface area contributed by atoms with Crippen LogP contribution in [0.4, 0.5) is 0 Å². The number of rotatable bonds is 3. The molecular weight excluding hydrogens is 142 g/mol. The van der Waals surface area contributed by atoms with E-state index < -0.39 is 0 Å². The first-order valence-electron chi connectivity index (χ1n) is 3.63. The van der Waals surface area contributed by atoms with E-state index in [0.29, 0.717) is 18.0 Å². The predicted molar refractivity (Wildman–Crippen MR) is 40.4 cm³/mol. The van der Waals surface area contributed by atoms with Crippen molar-refractivity contribution in [2.75, 3.05) is 0 Å². The fraction of sp³-hybridized carbons (Fsp3) is 0.500. The largest absolute Gasteiger partial charge is 0.361 e. The molecule has 0 saturated heterocycles. The second-order valence-electron chi connectivity index (χ2n) is 2.75. The van der Waals surface area contributed by atoms with Gasteiger partial charge in [-0.05, 0) is 0 Å². The molecule has 0 aliphatic carbocycles. The summed E-state index contributed by atoms with van der Waals surface area (Å²) in [6, 6.07) is 1.82. The van der Waals surface area contributed by atoms with E-state index in [2.05, 4.69) is 5.16 Å². The molecular formula is C8H11NO2. The Labute approximate surface area is 65.4 Å². The molecule has 0 bridgehead atoms. The van der Waals surface area contributed by atoms with Crippen molar-refractivity contribution in [1.82, 2.24) is 5.16 Å². The van der Waals surface area contributed by atoms with Gasteiger partial charge >= 0.3 is 0 Å². The highest BCUT2D eigenvalue weighted by atomic mass is 16.5. The molecule has 0 saturated carbocycles. The first-order chi connectivity index (χ1) is 5.24. The third kappa shape index (κ3) is 1.90. The molecule has 0 N–H and O–H groups in total. The van der Waals surface area contributed by atoms with Gasteiger partial charge in [0.15, 0.2) is 0 Å². The minimum Gasteiger partial charge on any atom is -0.361 e. The Morgan fingerprint density at radius 1 is 1.73 bits per heavy atom. The van der Waals surface area contributed by atoms with Crippen LogP contribution in [0.2, 0.25) is 0 Å². The number of carbonyl (C=O) groups excluding carboxylic acids is 1. The van der Waals surface area contributed by atoms with Crippen LogP contribution in [0.1, 0.15) is 31.2 Å². The van der Waals surface area contributed by atoms with Crippen LogP contribution in [0, 0.1) is 0 Å². The van der Waals surface area contributed by atoms with Crippen molar-refractivity contribution in [1.29, 1.82) is 0 Å². The monoisotopic (exact) mass is 153 g/mol. The number of hydrogen-bond donors (Lipinski definition) is 0. The van der Waals surface area contributed by atoms with E-state index in [0.717, 1.165) is 12.0 Å². The van der Waals surface area contributed by atoms with Crippen LogP contribution in [-0.4, -0.2) is 11.4 Å². The summed E-state index contributed by atoms with van der Waals surface area (Å²) in [6.07, 6.45) is 1.16. The molecule has 3 nitrogen and oxygen atoms in total. The van der Waals surface area contributed by atoms with Gasteiger partial charge in [-0.2, -0.15) is 0 Å². The van der Waals surface area contributed by atoms with Gasteiger partial charge in [0.25, 0.3) is 0 Å². The van der Waals surface area contributed by atoms with E-state index in [1.807, 2.05) is 19.9 Å². The summed E-state index contributed by atoms with van der Waals surface area (Å²) in [4.78, 5) is 10.1. The third-order valence-corrected chi connectivity index (χ3v) is 1.44. The van der Waals surface area contributed by atoms with Crippen LogP contribution in [0.25, 0.3) is 0 Å². The van der Waals surface area contributed by atoms with E-state index in [1.54, 1.807) is 0 Å². The van der Waals surface area contributed by atoms with Gasteiger partial charge in [0, 0.05) is 18.4 Å². The fourth-order valence-electron chi connectivity index (χ4n) is 0.782. The van der Waals surface area contributed by atoms with Crippen molar-refractivity contribution in [3.63, 3.8) is 0 Å². The van der Waals surface area contributed by atoms with Gasteiger partial charge < -0.3 is 9.32 Å². The Morgan fingerprint density at radius 2 is 2.45 bits per heavy atom. The maximum absolute atomic E-state index is 10.1. The van der Waals surface area contributed by atoms with Crippen molar-refractivity contribution in [2.24, 2.45) is 0 Å². The quantitative estimate of drug-likeness (QED) is 0.618. The van der Waals surface area contributed by atoms with E-state index in [9.17, 15) is 4.79 Å². The summed E-state index contributed by atoms with van der Waals surface area (Å²) in [5.41, 5.74) is 0.712. The number of aromatic nitrogens is 1. The van der Waals surface area contributed by atoms with Gasteiger partial charge in [-0.1, -0.05) is 19.0 Å². The molecule has 1 aromatic heterocycles. The minimum atomic E-state index is 0.336. The normalized spacial score (nSPS) is 10.5. The van der Waals surface area contributed by atoms with Gasteiger partial charge in [-0.25, -0.2) is 0 Å². The molecule has 0 aromatic carbocycles. The molecule has 11 heavy (non-hydrogen) atoms. The Kier molecular flexibility index (Phi) is 2.41. The molecule has 1 heterocycles. The highest BCUT2D eigenvalue weighted by Gasteiger charge is 2.06. The smallest absolute Gasteiger partial charge is 0.139 e. The molecule has 1 aromatic rings. The van der Waals surface area contributed by atoms with E-state index >= 15 is 0 Å². The Bertz CT molecular complexity index is 240. The highest BCUT2D eigenvalue weighted by molar-refractivity contribution is 5.53. The van der Waals surface area contributed by atoms with Crippen LogP contribution >= 0.6 is 0 Å². The Hall–Kier alpha value is -1.12. The number of nitrogens with zero attached hydrogens (tertiary/aromatic N) is 1. The fourth-order valence-corrected chi connectivity index (χ4v) is 0.782. The predicted octanol–water partition coefficient (Wildman–Crippen LogP) is 1.54. The van der Waals surface area contributed by atoms with Crippen LogP contribution in [-0.2, 0) is 11.2 Å². The van der Waals surface area contributed by atoms with E-state index in [4.69, 9.17) is 4.52 Å². The molecule has 0 spiro atoms. The Balaban J connectivity index is 2.73. The van der Waals surface area contributed by atoms with Crippen molar-refractivity contribution >= 4 is 6.29 Å². The van der Waals surface area contributed by atoms with Crippen LogP contribution in [0.3, 0.4) is 0 Å². The molecule has 60 valence electrons. The number of hydrogen-bond acceptors (Lipinski definition) is 3. The summed E-state index contributed by atoms with van der Waals surface area (Å²) >= 11 is 0. The standard InChI is InChI=1S/C8H11NO2/c1-6(2)8-5-7(3-4-10)9-11-8/h4-6H,3H2,1-2H3. The summed E-state index contributed by atoms with van der Waals surface area (Å²) in [7, 11) is 0. The maximum Gasteiger partial charge on any atom is 0.139 e. The molecule has 0 aliphatic heterocycles. The lowest BCUT2D eigenvalue weighted by atomic mass is 10.1. The molecule has 0 radical (unpaired) electrons.